The maximum Gasteiger partial charge on any atom is 0.163 e. The molecule has 0 radical (unpaired) electrons. The molecule has 3 aromatic rings. The molecular formula is C17H13ClO2. The van der Waals surface area contributed by atoms with Gasteiger partial charge in [-0.05, 0) is 44.2 Å². The van der Waals surface area contributed by atoms with Crippen molar-refractivity contribution in [2.75, 3.05) is 0 Å². The first-order chi connectivity index (χ1) is 9.50. The normalized spacial score (nSPS) is 11.7. The van der Waals surface area contributed by atoms with E-state index in [1.54, 1.807) is 0 Å². The van der Waals surface area contributed by atoms with Crippen molar-refractivity contribution in [3.8, 4) is 18.1 Å². The Morgan fingerprint density at radius 3 is 2.75 bits per heavy atom. The lowest BCUT2D eigenvalue weighted by Gasteiger charge is -2.20. The summed E-state index contributed by atoms with van der Waals surface area (Å²) in [5.74, 6) is 3.31. The van der Waals surface area contributed by atoms with Gasteiger partial charge in [0.15, 0.2) is 5.60 Å². The standard InChI is InChI=1S/C17H13ClO2/c1-4-17(2,3)20-11-8-9-14-12(10-11)16-13(18)6-5-7-15(16)19-14/h1,5-10H,2-3H3. The zero-order chi connectivity index (χ0) is 14.3. The van der Waals surface area contributed by atoms with Crippen molar-refractivity contribution in [2.45, 2.75) is 19.4 Å². The molecule has 0 amide bonds. The molecule has 0 aliphatic carbocycles. The van der Waals surface area contributed by atoms with Crippen LogP contribution < -0.4 is 4.74 Å². The molecule has 1 aromatic heterocycles. The van der Waals surface area contributed by atoms with Gasteiger partial charge < -0.3 is 9.15 Å². The van der Waals surface area contributed by atoms with E-state index in [1.807, 2.05) is 50.2 Å². The van der Waals surface area contributed by atoms with Crippen molar-refractivity contribution in [3.63, 3.8) is 0 Å². The third kappa shape index (κ3) is 2.11. The average Bonchev–Trinajstić information content (AvgIpc) is 2.77. The van der Waals surface area contributed by atoms with E-state index in [-0.39, 0.29) is 0 Å². The number of furan rings is 1. The van der Waals surface area contributed by atoms with Gasteiger partial charge in [0.1, 0.15) is 16.9 Å². The van der Waals surface area contributed by atoms with Crippen LogP contribution in [0.3, 0.4) is 0 Å². The van der Waals surface area contributed by atoms with Crippen molar-refractivity contribution >= 4 is 33.5 Å². The Morgan fingerprint density at radius 1 is 1.20 bits per heavy atom. The van der Waals surface area contributed by atoms with E-state index >= 15 is 0 Å². The molecule has 0 saturated heterocycles. The molecule has 20 heavy (non-hydrogen) atoms. The first-order valence-corrected chi connectivity index (χ1v) is 6.65. The van der Waals surface area contributed by atoms with Gasteiger partial charge in [0.2, 0.25) is 0 Å². The molecule has 0 unspecified atom stereocenters. The second-order valence-electron chi connectivity index (χ2n) is 5.13. The summed E-state index contributed by atoms with van der Waals surface area (Å²) in [7, 11) is 0. The molecule has 3 heteroatoms. The van der Waals surface area contributed by atoms with E-state index in [0.29, 0.717) is 10.8 Å². The summed E-state index contributed by atoms with van der Waals surface area (Å²) in [5, 5.41) is 2.48. The fourth-order valence-electron chi connectivity index (χ4n) is 2.15. The van der Waals surface area contributed by atoms with E-state index in [4.69, 9.17) is 27.2 Å². The minimum absolute atomic E-state index is 0.656. The summed E-state index contributed by atoms with van der Waals surface area (Å²) in [6, 6.07) is 11.2. The highest BCUT2D eigenvalue weighted by Crippen LogP contribution is 2.36. The molecule has 2 aromatic carbocycles. The lowest BCUT2D eigenvalue weighted by Crippen LogP contribution is -2.25. The number of fused-ring (bicyclic) bond motifs is 3. The maximum absolute atomic E-state index is 6.26. The van der Waals surface area contributed by atoms with Crippen LogP contribution in [0.2, 0.25) is 5.02 Å². The molecule has 3 rings (SSSR count). The lowest BCUT2D eigenvalue weighted by molar-refractivity contribution is 0.173. The monoisotopic (exact) mass is 284 g/mol. The van der Waals surface area contributed by atoms with Crippen molar-refractivity contribution < 1.29 is 9.15 Å². The second-order valence-corrected chi connectivity index (χ2v) is 5.54. The van der Waals surface area contributed by atoms with Crippen LogP contribution >= 0.6 is 11.6 Å². The summed E-state index contributed by atoms with van der Waals surface area (Å²) < 4.78 is 11.6. The number of halogens is 1. The van der Waals surface area contributed by atoms with Crippen LogP contribution in [0.15, 0.2) is 40.8 Å². The Hall–Kier alpha value is -2.11. The van der Waals surface area contributed by atoms with Crippen LogP contribution in [0.5, 0.6) is 5.75 Å². The van der Waals surface area contributed by atoms with Gasteiger partial charge in [-0.3, -0.25) is 0 Å². The topological polar surface area (TPSA) is 22.4 Å². The Kier molecular flexibility index (Phi) is 2.88. The van der Waals surface area contributed by atoms with E-state index in [2.05, 4.69) is 5.92 Å². The number of terminal acetylenes is 1. The Bertz CT molecular complexity index is 837. The fourth-order valence-corrected chi connectivity index (χ4v) is 2.42. The highest BCUT2D eigenvalue weighted by Gasteiger charge is 2.17. The Balaban J connectivity index is 2.20. The van der Waals surface area contributed by atoms with Gasteiger partial charge in [-0.15, -0.1) is 6.42 Å². The van der Waals surface area contributed by atoms with Crippen molar-refractivity contribution in [1.29, 1.82) is 0 Å². The SMILES string of the molecule is C#CC(C)(C)Oc1ccc2oc3cccc(Cl)c3c2c1. The van der Waals surface area contributed by atoms with Gasteiger partial charge in [0.05, 0.1) is 5.02 Å². The summed E-state index contributed by atoms with van der Waals surface area (Å²) in [6.45, 7) is 3.69. The van der Waals surface area contributed by atoms with E-state index < -0.39 is 5.60 Å². The predicted octanol–water partition coefficient (Wildman–Crippen LogP) is 5.03. The minimum atomic E-state index is -0.656. The first kappa shape index (κ1) is 12.9. The molecule has 100 valence electrons. The third-order valence-electron chi connectivity index (χ3n) is 3.14. The van der Waals surface area contributed by atoms with Gasteiger partial charge in [-0.25, -0.2) is 0 Å². The van der Waals surface area contributed by atoms with Crippen LogP contribution in [0, 0.1) is 12.3 Å². The zero-order valence-electron chi connectivity index (χ0n) is 11.2. The number of ether oxygens (including phenoxy) is 1. The van der Waals surface area contributed by atoms with Crippen molar-refractivity contribution in [3.05, 3.63) is 41.4 Å². The summed E-state index contributed by atoms with van der Waals surface area (Å²) in [6.07, 6.45) is 5.45. The van der Waals surface area contributed by atoms with Gasteiger partial charge in [-0.2, -0.15) is 0 Å². The van der Waals surface area contributed by atoms with Gasteiger partial charge in [-0.1, -0.05) is 23.6 Å². The molecule has 0 aliphatic heterocycles. The molecule has 0 saturated carbocycles. The largest absolute Gasteiger partial charge is 0.475 e. The molecule has 0 fully saturated rings. The maximum atomic E-state index is 6.26. The molecule has 0 atom stereocenters. The predicted molar refractivity (Wildman–Crippen MR) is 82.3 cm³/mol. The highest BCUT2D eigenvalue weighted by atomic mass is 35.5. The quantitative estimate of drug-likeness (QED) is 0.616. The first-order valence-electron chi connectivity index (χ1n) is 6.28. The van der Waals surface area contributed by atoms with Crippen LogP contribution in [0.4, 0.5) is 0 Å². The van der Waals surface area contributed by atoms with E-state index in [0.717, 1.165) is 21.9 Å². The number of rotatable bonds is 2. The summed E-state index contributed by atoms with van der Waals surface area (Å²) in [4.78, 5) is 0. The summed E-state index contributed by atoms with van der Waals surface area (Å²) in [5.41, 5.74) is 0.886. The van der Waals surface area contributed by atoms with Crippen molar-refractivity contribution in [2.24, 2.45) is 0 Å². The van der Waals surface area contributed by atoms with Crippen molar-refractivity contribution in [1.82, 2.24) is 0 Å². The van der Waals surface area contributed by atoms with Gasteiger partial charge >= 0.3 is 0 Å². The Morgan fingerprint density at radius 2 is 2.00 bits per heavy atom. The molecule has 0 spiro atoms. The molecular weight excluding hydrogens is 272 g/mol. The second kappa shape index (κ2) is 4.47. The third-order valence-corrected chi connectivity index (χ3v) is 3.45. The minimum Gasteiger partial charge on any atom is -0.475 e. The molecule has 0 N–H and O–H groups in total. The van der Waals surface area contributed by atoms with Gasteiger partial charge in [0, 0.05) is 10.8 Å². The van der Waals surface area contributed by atoms with Crippen LogP contribution in [0.25, 0.3) is 21.9 Å². The molecule has 0 bridgehead atoms. The number of hydrogen-bond acceptors (Lipinski definition) is 2. The average molecular weight is 285 g/mol. The van der Waals surface area contributed by atoms with E-state index in [1.165, 1.54) is 0 Å². The van der Waals surface area contributed by atoms with Gasteiger partial charge in [0.25, 0.3) is 0 Å². The highest BCUT2D eigenvalue weighted by molar-refractivity contribution is 6.37. The van der Waals surface area contributed by atoms with Crippen LogP contribution in [-0.2, 0) is 0 Å². The number of hydrogen-bond donors (Lipinski definition) is 0. The lowest BCUT2D eigenvalue weighted by atomic mass is 10.1. The summed E-state index contributed by atoms with van der Waals surface area (Å²) >= 11 is 6.26. The molecule has 1 heterocycles. The Labute approximate surface area is 122 Å². The van der Waals surface area contributed by atoms with E-state index in [9.17, 15) is 0 Å². The van der Waals surface area contributed by atoms with Crippen LogP contribution in [-0.4, -0.2) is 5.60 Å². The molecule has 0 aliphatic rings. The smallest absolute Gasteiger partial charge is 0.163 e. The fraction of sp³-hybridized carbons (Fsp3) is 0.176. The number of benzene rings is 2. The van der Waals surface area contributed by atoms with Crippen LogP contribution in [0.1, 0.15) is 13.8 Å². The molecule has 2 nitrogen and oxygen atoms in total. The zero-order valence-corrected chi connectivity index (χ0v) is 12.0.